The van der Waals surface area contributed by atoms with Crippen LogP contribution in [0, 0.1) is 6.92 Å². The van der Waals surface area contributed by atoms with Gasteiger partial charge in [0.1, 0.15) is 5.75 Å². The third-order valence-corrected chi connectivity index (χ3v) is 5.54. The van der Waals surface area contributed by atoms with Crippen molar-refractivity contribution < 1.29 is 9.53 Å². The molecule has 3 nitrogen and oxygen atoms in total. The molecular formula is C20H23NO2S. The molecule has 0 N–H and O–H groups in total. The number of nitrogens with zero attached hydrogens (tertiary/aromatic N) is 1. The lowest BCUT2D eigenvalue weighted by Gasteiger charge is -2.25. The topological polar surface area (TPSA) is 29.5 Å². The fourth-order valence-electron chi connectivity index (χ4n) is 2.81. The van der Waals surface area contributed by atoms with E-state index in [-0.39, 0.29) is 12.5 Å². The van der Waals surface area contributed by atoms with Crippen LogP contribution in [-0.4, -0.2) is 30.1 Å². The molecule has 3 rings (SSSR count). The molecule has 1 saturated heterocycles. The Morgan fingerprint density at radius 2 is 1.92 bits per heavy atom. The van der Waals surface area contributed by atoms with Gasteiger partial charge < -0.3 is 9.64 Å². The highest BCUT2D eigenvalue weighted by molar-refractivity contribution is 8.00. The van der Waals surface area contributed by atoms with Gasteiger partial charge in [-0.05, 0) is 49.8 Å². The number of rotatable bonds is 6. The normalized spacial score (nSPS) is 16.8. The van der Waals surface area contributed by atoms with Crippen LogP contribution >= 0.6 is 11.8 Å². The first-order valence-corrected chi connectivity index (χ1v) is 9.44. The molecule has 1 heterocycles. The van der Waals surface area contributed by atoms with Crippen molar-refractivity contribution >= 4 is 23.4 Å². The number of para-hydroxylation sites is 1. The second-order valence-corrected chi connectivity index (χ2v) is 7.48. The van der Waals surface area contributed by atoms with Crippen LogP contribution in [0.4, 0.5) is 5.69 Å². The van der Waals surface area contributed by atoms with Crippen molar-refractivity contribution in [2.45, 2.75) is 25.0 Å². The van der Waals surface area contributed by atoms with Crippen LogP contribution in [0.15, 0.2) is 54.6 Å². The van der Waals surface area contributed by atoms with Crippen molar-refractivity contribution in [3.8, 4) is 5.75 Å². The van der Waals surface area contributed by atoms with Gasteiger partial charge in [0, 0.05) is 17.5 Å². The Hall–Kier alpha value is -1.94. The molecule has 0 aromatic heterocycles. The number of anilines is 1. The van der Waals surface area contributed by atoms with E-state index in [0.717, 1.165) is 18.0 Å². The number of carbonyl (C=O) groups is 1. The highest BCUT2D eigenvalue weighted by Crippen LogP contribution is 2.28. The van der Waals surface area contributed by atoms with Gasteiger partial charge in [0.2, 0.25) is 0 Å². The van der Waals surface area contributed by atoms with E-state index in [2.05, 4.69) is 0 Å². The Morgan fingerprint density at radius 1 is 1.17 bits per heavy atom. The van der Waals surface area contributed by atoms with Gasteiger partial charge in [-0.1, -0.05) is 35.9 Å². The molecule has 24 heavy (non-hydrogen) atoms. The summed E-state index contributed by atoms with van der Waals surface area (Å²) < 4.78 is 5.69. The molecule has 0 saturated carbocycles. The number of carbonyl (C=O) groups excluding carboxylic acids is 1. The summed E-state index contributed by atoms with van der Waals surface area (Å²) in [6, 6.07) is 17.7. The summed E-state index contributed by atoms with van der Waals surface area (Å²) in [7, 11) is 0. The number of ether oxygens (including phenoxy) is 1. The zero-order valence-electron chi connectivity index (χ0n) is 14.0. The fourth-order valence-corrected chi connectivity index (χ4v) is 4.06. The summed E-state index contributed by atoms with van der Waals surface area (Å²) in [4.78, 5) is 14.6. The van der Waals surface area contributed by atoms with Gasteiger partial charge in [-0.15, -0.1) is 0 Å². The Bertz CT molecular complexity index is 651. The van der Waals surface area contributed by atoms with E-state index in [1.54, 1.807) is 0 Å². The summed E-state index contributed by atoms with van der Waals surface area (Å²) in [5, 5.41) is 0.522. The predicted molar refractivity (Wildman–Crippen MR) is 101 cm³/mol. The molecule has 126 valence electrons. The van der Waals surface area contributed by atoms with E-state index in [4.69, 9.17) is 4.74 Å². The van der Waals surface area contributed by atoms with E-state index in [0.29, 0.717) is 5.25 Å². The van der Waals surface area contributed by atoms with E-state index in [1.807, 2.05) is 78.2 Å². The minimum absolute atomic E-state index is 0.00859. The SMILES string of the molecule is Cc1ccc(OCC(=O)N(CC2CCCS2)c2ccccc2)cc1. The molecule has 1 fully saturated rings. The smallest absolute Gasteiger partial charge is 0.264 e. The van der Waals surface area contributed by atoms with Crippen LogP contribution in [0.2, 0.25) is 0 Å². The third kappa shape index (κ3) is 4.54. The van der Waals surface area contributed by atoms with Crippen molar-refractivity contribution in [1.82, 2.24) is 0 Å². The van der Waals surface area contributed by atoms with Crippen LogP contribution in [0.3, 0.4) is 0 Å². The van der Waals surface area contributed by atoms with Crippen molar-refractivity contribution in [3.63, 3.8) is 0 Å². The number of aryl methyl sites for hydroxylation is 1. The Labute approximate surface area is 148 Å². The summed E-state index contributed by atoms with van der Waals surface area (Å²) in [5.74, 6) is 1.94. The molecule has 0 aliphatic carbocycles. The van der Waals surface area contributed by atoms with E-state index >= 15 is 0 Å². The lowest BCUT2D eigenvalue weighted by Crippen LogP contribution is -2.39. The minimum Gasteiger partial charge on any atom is -0.484 e. The lowest BCUT2D eigenvalue weighted by molar-refractivity contribution is -0.120. The van der Waals surface area contributed by atoms with Crippen LogP contribution in [0.5, 0.6) is 5.75 Å². The first kappa shape index (κ1) is 16.9. The molecular weight excluding hydrogens is 318 g/mol. The summed E-state index contributed by atoms with van der Waals surface area (Å²) in [6.45, 7) is 2.85. The van der Waals surface area contributed by atoms with Crippen LogP contribution in [0.1, 0.15) is 18.4 Å². The number of hydrogen-bond donors (Lipinski definition) is 0. The lowest BCUT2D eigenvalue weighted by atomic mass is 10.2. The van der Waals surface area contributed by atoms with Crippen molar-refractivity contribution in [1.29, 1.82) is 0 Å². The van der Waals surface area contributed by atoms with Gasteiger partial charge in [-0.3, -0.25) is 4.79 Å². The molecule has 1 unspecified atom stereocenters. The maximum Gasteiger partial charge on any atom is 0.264 e. The van der Waals surface area contributed by atoms with E-state index in [1.165, 1.54) is 24.2 Å². The van der Waals surface area contributed by atoms with Gasteiger partial charge in [0.15, 0.2) is 6.61 Å². The van der Waals surface area contributed by atoms with Crippen LogP contribution in [0.25, 0.3) is 0 Å². The van der Waals surface area contributed by atoms with Crippen LogP contribution in [-0.2, 0) is 4.79 Å². The quantitative estimate of drug-likeness (QED) is 0.784. The zero-order valence-corrected chi connectivity index (χ0v) is 14.8. The second kappa shape index (κ2) is 8.25. The Balaban J connectivity index is 1.67. The molecule has 4 heteroatoms. The van der Waals surface area contributed by atoms with E-state index < -0.39 is 0 Å². The Morgan fingerprint density at radius 3 is 2.58 bits per heavy atom. The van der Waals surface area contributed by atoms with E-state index in [9.17, 15) is 4.79 Å². The van der Waals surface area contributed by atoms with Gasteiger partial charge >= 0.3 is 0 Å². The minimum atomic E-state index is 0.00859. The maximum atomic E-state index is 12.8. The Kier molecular flexibility index (Phi) is 5.81. The monoisotopic (exact) mass is 341 g/mol. The standard InChI is InChI=1S/C20H23NO2S/c1-16-9-11-18(12-10-16)23-15-20(22)21(14-19-8-5-13-24-19)17-6-3-2-4-7-17/h2-4,6-7,9-12,19H,5,8,13-15H2,1H3. The third-order valence-electron chi connectivity index (χ3n) is 4.16. The summed E-state index contributed by atoms with van der Waals surface area (Å²) >= 11 is 1.96. The molecule has 0 radical (unpaired) electrons. The first-order valence-electron chi connectivity index (χ1n) is 8.39. The van der Waals surface area contributed by atoms with Crippen molar-refractivity contribution in [3.05, 3.63) is 60.2 Å². The highest BCUT2D eigenvalue weighted by atomic mass is 32.2. The first-order chi connectivity index (χ1) is 11.7. The van der Waals surface area contributed by atoms with Crippen molar-refractivity contribution in [2.24, 2.45) is 0 Å². The molecule has 0 bridgehead atoms. The maximum absolute atomic E-state index is 12.8. The molecule has 1 aliphatic heterocycles. The fraction of sp³-hybridized carbons (Fsp3) is 0.350. The zero-order chi connectivity index (χ0) is 16.8. The predicted octanol–water partition coefficient (Wildman–Crippen LogP) is 4.30. The van der Waals surface area contributed by atoms with Crippen molar-refractivity contribution in [2.75, 3.05) is 23.8 Å². The van der Waals surface area contributed by atoms with Gasteiger partial charge in [-0.25, -0.2) is 0 Å². The number of benzene rings is 2. The van der Waals surface area contributed by atoms with Gasteiger partial charge in [0.05, 0.1) is 0 Å². The molecule has 1 atom stereocenters. The highest BCUT2D eigenvalue weighted by Gasteiger charge is 2.23. The van der Waals surface area contributed by atoms with Crippen LogP contribution < -0.4 is 9.64 Å². The summed E-state index contributed by atoms with van der Waals surface area (Å²) in [6.07, 6.45) is 2.42. The molecule has 1 aliphatic rings. The molecule has 0 spiro atoms. The number of amides is 1. The summed E-state index contributed by atoms with van der Waals surface area (Å²) in [5.41, 5.74) is 2.13. The largest absolute Gasteiger partial charge is 0.484 e. The average Bonchev–Trinajstić information content (AvgIpc) is 3.13. The van der Waals surface area contributed by atoms with Gasteiger partial charge in [0.25, 0.3) is 5.91 Å². The van der Waals surface area contributed by atoms with Gasteiger partial charge in [-0.2, -0.15) is 11.8 Å². The molecule has 1 amide bonds. The molecule has 2 aromatic carbocycles. The second-order valence-electron chi connectivity index (χ2n) is 6.08. The number of thioether (sulfide) groups is 1. The number of hydrogen-bond acceptors (Lipinski definition) is 3. The molecule has 2 aromatic rings. The average molecular weight is 341 g/mol.